The molecule has 92 valence electrons. The van der Waals surface area contributed by atoms with Crippen LogP contribution in [-0.2, 0) is 0 Å². The second kappa shape index (κ2) is 4.70. The van der Waals surface area contributed by atoms with E-state index in [1.54, 1.807) is 11.8 Å². The van der Waals surface area contributed by atoms with Crippen LogP contribution in [0.1, 0.15) is 34.6 Å². The molecule has 0 radical (unpaired) electrons. The first-order valence-corrected chi connectivity index (χ1v) is 5.10. The highest BCUT2D eigenvalue weighted by atomic mass is 19.4. The van der Waals surface area contributed by atoms with E-state index in [1.165, 1.54) is 6.92 Å². The van der Waals surface area contributed by atoms with Crippen LogP contribution in [0.3, 0.4) is 0 Å². The summed E-state index contributed by atoms with van der Waals surface area (Å²) in [6, 6.07) is -0.985. The van der Waals surface area contributed by atoms with E-state index < -0.39 is 17.8 Å². The topological polar surface area (TPSA) is 23.5 Å². The molecule has 2 unspecified atom stereocenters. The Kier molecular flexibility index (Phi) is 4.61. The maximum Gasteiger partial charge on any atom is 0.418 e. The minimum absolute atomic E-state index is 0.0289. The lowest BCUT2D eigenvalue weighted by atomic mass is 9.94. The zero-order chi connectivity index (χ0) is 12.4. The molecule has 2 atom stereocenters. The summed E-state index contributed by atoms with van der Waals surface area (Å²) < 4.78 is 37.7. The second-order valence-electron chi connectivity index (χ2n) is 4.25. The maximum absolute atomic E-state index is 12.6. The maximum atomic E-state index is 12.6. The molecule has 15 heavy (non-hydrogen) atoms. The van der Waals surface area contributed by atoms with Gasteiger partial charge in [-0.2, -0.15) is 13.2 Å². The Morgan fingerprint density at radius 1 is 1.20 bits per heavy atom. The Bertz CT molecular complexity index is 201. The van der Waals surface area contributed by atoms with Crippen LogP contribution in [0.25, 0.3) is 0 Å². The lowest BCUT2D eigenvalue weighted by Gasteiger charge is -2.41. The third-order valence-corrected chi connectivity index (χ3v) is 2.91. The molecule has 0 aliphatic carbocycles. The Morgan fingerprint density at radius 3 is 1.80 bits per heavy atom. The summed E-state index contributed by atoms with van der Waals surface area (Å²) in [6.45, 7) is 8.10. The highest BCUT2D eigenvalue weighted by Gasteiger charge is 2.54. The molecule has 0 spiro atoms. The van der Waals surface area contributed by atoms with Gasteiger partial charge in [-0.25, -0.2) is 0 Å². The van der Waals surface area contributed by atoms with Gasteiger partial charge in [0.1, 0.15) is 0 Å². The van der Waals surface area contributed by atoms with Crippen LogP contribution in [0, 0.1) is 0 Å². The summed E-state index contributed by atoms with van der Waals surface area (Å²) in [7, 11) is 0. The molecule has 0 saturated heterocycles. The van der Waals surface area contributed by atoms with Crippen molar-refractivity contribution in [2.45, 2.75) is 58.5 Å². The number of alkyl halides is 3. The van der Waals surface area contributed by atoms with Gasteiger partial charge in [0.2, 0.25) is 0 Å². The first-order valence-electron chi connectivity index (χ1n) is 5.10. The van der Waals surface area contributed by atoms with Crippen molar-refractivity contribution < 1.29 is 18.3 Å². The van der Waals surface area contributed by atoms with E-state index in [-0.39, 0.29) is 6.04 Å². The fraction of sp³-hybridized carbons (Fsp3) is 1.00. The smallest absolute Gasteiger partial charge is 0.379 e. The van der Waals surface area contributed by atoms with Gasteiger partial charge in [0.25, 0.3) is 0 Å². The number of hydrogen-bond donors (Lipinski definition) is 1. The molecule has 5 heteroatoms. The van der Waals surface area contributed by atoms with Gasteiger partial charge in [0.05, 0.1) is 0 Å². The minimum atomic E-state index is -4.60. The normalized spacial score (nSPS) is 19.4. The number of halogens is 3. The molecule has 0 aromatic rings. The van der Waals surface area contributed by atoms with E-state index >= 15 is 0 Å². The summed E-state index contributed by atoms with van der Waals surface area (Å²) in [5.74, 6) is 0. The van der Waals surface area contributed by atoms with E-state index in [4.69, 9.17) is 0 Å². The van der Waals surface area contributed by atoms with Crippen molar-refractivity contribution in [3.63, 3.8) is 0 Å². The molecule has 0 aromatic heterocycles. The first-order chi connectivity index (χ1) is 6.55. The summed E-state index contributed by atoms with van der Waals surface area (Å²) in [5.41, 5.74) is -2.67. The molecular formula is C10H20F3NO. The highest BCUT2D eigenvalue weighted by molar-refractivity contribution is 4.93. The van der Waals surface area contributed by atoms with Crippen molar-refractivity contribution in [3.8, 4) is 0 Å². The summed E-state index contributed by atoms with van der Waals surface area (Å²) in [5, 5.41) is 9.50. The van der Waals surface area contributed by atoms with Crippen LogP contribution in [0.2, 0.25) is 0 Å². The summed E-state index contributed by atoms with van der Waals surface area (Å²) in [4.78, 5) is 1.62. The molecule has 0 aromatic carbocycles. The predicted molar refractivity (Wildman–Crippen MR) is 53.7 cm³/mol. The van der Waals surface area contributed by atoms with Crippen molar-refractivity contribution in [1.82, 2.24) is 4.90 Å². The fourth-order valence-corrected chi connectivity index (χ4v) is 1.65. The molecule has 0 aliphatic heterocycles. The lowest BCUT2D eigenvalue weighted by Crippen LogP contribution is -2.59. The lowest BCUT2D eigenvalue weighted by molar-refractivity contribution is -0.272. The van der Waals surface area contributed by atoms with Gasteiger partial charge >= 0.3 is 6.18 Å². The number of rotatable bonds is 4. The van der Waals surface area contributed by atoms with E-state index in [9.17, 15) is 18.3 Å². The second-order valence-corrected chi connectivity index (χ2v) is 4.25. The van der Waals surface area contributed by atoms with Crippen molar-refractivity contribution >= 4 is 0 Å². The van der Waals surface area contributed by atoms with Crippen molar-refractivity contribution in [1.29, 1.82) is 0 Å². The van der Waals surface area contributed by atoms with Gasteiger partial charge in [0, 0.05) is 12.1 Å². The average molecular weight is 227 g/mol. The number of hydrogen-bond acceptors (Lipinski definition) is 2. The summed E-state index contributed by atoms with van der Waals surface area (Å²) in [6.07, 6.45) is -4.60. The zero-order valence-corrected chi connectivity index (χ0v) is 9.89. The van der Waals surface area contributed by atoms with Crippen LogP contribution in [0.5, 0.6) is 0 Å². The standard InChI is InChI=1S/C10H20F3NO/c1-6-14(7(2)3)8(4)9(5,15)10(11,12)13/h7-8,15H,6H2,1-5H3. The number of likely N-dealkylation sites (N-methyl/N-ethyl adjacent to an activating group) is 1. The van der Waals surface area contributed by atoms with Crippen molar-refractivity contribution in [2.75, 3.05) is 6.54 Å². The summed E-state index contributed by atoms with van der Waals surface area (Å²) >= 11 is 0. The van der Waals surface area contributed by atoms with E-state index in [2.05, 4.69) is 0 Å². The van der Waals surface area contributed by atoms with Crippen molar-refractivity contribution in [3.05, 3.63) is 0 Å². The van der Waals surface area contributed by atoms with Crippen LogP contribution >= 0.6 is 0 Å². The average Bonchev–Trinajstić information content (AvgIpc) is 2.02. The molecule has 0 amide bonds. The van der Waals surface area contributed by atoms with Crippen LogP contribution < -0.4 is 0 Å². The predicted octanol–water partition coefficient (Wildman–Crippen LogP) is 2.42. The quantitative estimate of drug-likeness (QED) is 0.797. The molecule has 1 N–H and O–H groups in total. The monoisotopic (exact) mass is 227 g/mol. The Hall–Kier alpha value is -0.290. The largest absolute Gasteiger partial charge is 0.418 e. The molecule has 0 fully saturated rings. The SMILES string of the molecule is CCN(C(C)C)C(C)C(C)(O)C(F)(F)F. The van der Waals surface area contributed by atoms with Gasteiger partial charge in [-0.05, 0) is 34.2 Å². The Morgan fingerprint density at radius 2 is 1.60 bits per heavy atom. The van der Waals surface area contributed by atoms with Crippen LogP contribution in [0.15, 0.2) is 0 Å². The van der Waals surface area contributed by atoms with E-state index in [1.807, 2.05) is 13.8 Å². The molecule has 0 rings (SSSR count). The molecule has 2 nitrogen and oxygen atoms in total. The third kappa shape index (κ3) is 3.08. The van der Waals surface area contributed by atoms with Crippen LogP contribution in [0.4, 0.5) is 13.2 Å². The molecule has 0 aliphatic rings. The van der Waals surface area contributed by atoms with Gasteiger partial charge in [-0.15, -0.1) is 0 Å². The van der Waals surface area contributed by atoms with Gasteiger partial charge in [-0.3, -0.25) is 4.90 Å². The van der Waals surface area contributed by atoms with Gasteiger partial charge < -0.3 is 5.11 Å². The van der Waals surface area contributed by atoms with Crippen molar-refractivity contribution in [2.24, 2.45) is 0 Å². The van der Waals surface area contributed by atoms with Gasteiger partial charge in [0.15, 0.2) is 5.60 Å². The van der Waals surface area contributed by atoms with Gasteiger partial charge in [-0.1, -0.05) is 6.92 Å². The highest BCUT2D eigenvalue weighted by Crippen LogP contribution is 2.35. The number of aliphatic hydroxyl groups is 1. The number of nitrogens with zero attached hydrogens (tertiary/aromatic N) is 1. The molecule has 0 saturated carbocycles. The minimum Gasteiger partial charge on any atom is -0.379 e. The van der Waals surface area contributed by atoms with E-state index in [0.717, 1.165) is 6.92 Å². The zero-order valence-electron chi connectivity index (χ0n) is 9.89. The Labute approximate surface area is 89.1 Å². The van der Waals surface area contributed by atoms with E-state index in [0.29, 0.717) is 6.54 Å². The Balaban J connectivity index is 4.89. The first kappa shape index (κ1) is 14.7. The molecular weight excluding hydrogens is 207 g/mol. The van der Waals surface area contributed by atoms with Crippen LogP contribution in [-0.4, -0.2) is 40.4 Å². The molecule has 0 heterocycles. The third-order valence-electron chi connectivity index (χ3n) is 2.91. The fourth-order valence-electron chi connectivity index (χ4n) is 1.65. The molecule has 0 bridgehead atoms.